The maximum Gasteiger partial charge on any atom is 0.232 e. The quantitative estimate of drug-likeness (QED) is 0.772. The SMILES string of the molecule is O=C1C(=Cc2cccs2)Oc2c1ccc1c2CN(C[C@H]2CCCO2)CO1. The van der Waals surface area contributed by atoms with Gasteiger partial charge in [0.25, 0.3) is 0 Å². The van der Waals surface area contributed by atoms with Crippen molar-refractivity contribution in [1.29, 1.82) is 0 Å². The summed E-state index contributed by atoms with van der Waals surface area (Å²) >= 11 is 1.58. The molecule has 0 saturated carbocycles. The van der Waals surface area contributed by atoms with Gasteiger partial charge in [-0.05, 0) is 36.4 Å². The van der Waals surface area contributed by atoms with Crippen molar-refractivity contribution < 1.29 is 19.0 Å². The lowest BCUT2D eigenvalue weighted by molar-refractivity contribution is 0.0274. The van der Waals surface area contributed by atoms with Crippen molar-refractivity contribution >= 4 is 23.2 Å². The summed E-state index contributed by atoms with van der Waals surface area (Å²) in [7, 11) is 0. The number of ether oxygens (including phenoxy) is 3. The molecule has 1 aromatic carbocycles. The van der Waals surface area contributed by atoms with E-state index < -0.39 is 0 Å². The van der Waals surface area contributed by atoms with E-state index in [1.807, 2.05) is 35.7 Å². The molecule has 2 aromatic rings. The standard InChI is InChI=1S/C20H19NO4S/c22-19-15-5-6-17-16(11-21(12-24-17)10-13-3-1-7-23-13)20(15)25-18(19)9-14-4-2-8-26-14/h2,4-6,8-9,13H,1,3,7,10-12H2/t13-/m1/s1. The fraction of sp³-hybridized carbons (Fsp3) is 0.350. The van der Waals surface area contributed by atoms with Gasteiger partial charge >= 0.3 is 0 Å². The summed E-state index contributed by atoms with van der Waals surface area (Å²) in [6.07, 6.45) is 4.31. The third-order valence-electron chi connectivity index (χ3n) is 4.98. The zero-order valence-corrected chi connectivity index (χ0v) is 15.1. The second-order valence-corrected chi connectivity index (χ2v) is 7.77. The molecule has 5 rings (SSSR count). The van der Waals surface area contributed by atoms with Crippen LogP contribution in [-0.4, -0.2) is 36.7 Å². The molecule has 5 nitrogen and oxygen atoms in total. The fourth-order valence-electron chi connectivity index (χ4n) is 3.70. The Morgan fingerprint density at radius 3 is 3.08 bits per heavy atom. The van der Waals surface area contributed by atoms with E-state index in [-0.39, 0.29) is 11.9 Å². The fourth-order valence-corrected chi connectivity index (χ4v) is 4.35. The van der Waals surface area contributed by atoms with Crippen molar-refractivity contribution in [3.8, 4) is 11.5 Å². The highest BCUT2D eigenvalue weighted by molar-refractivity contribution is 7.10. The smallest absolute Gasteiger partial charge is 0.232 e. The summed E-state index contributed by atoms with van der Waals surface area (Å²) in [5.74, 6) is 1.77. The Morgan fingerprint density at radius 1 is 1.31 bits per heavy atom. The van der Waals surface area contributed by atoms with Crippen LogP contribution in [0.1, 0.15) is 33.6 Å². The van der Waals surface area contributed by atoms with Gasteiger partial charge in [-0.1, -0.05) is 6.07 Å². The minimum absolute atomic E-state index is 0.0625. The van der Waals surface area contributed by atoms with Crippen LogP contribution in [-0.2, 0) is 11.3 Å². The summed E-state index contributed by atoms with van der Waals surface area (Å²) in [5.41, 5.74) is 1.57. The highest BCUT2D eigenvalue weighted by Gasteiger charge is 2.34. The van der Waals surface area contributed by atoms with Crippen LogP contribution in [0.15, 0.2) is 35.4 Å². The number of hydrogen-bond donors (Lipinski definition) is 0. The number of carbonyl (C=O) groups is 1. The molecule has 134 valence electrons. The van der Waals surface area contributed by atoms with E-state index in [4.69, 9.17) is 14.2 Å². The number of allylic oxidation sites excluding steroid dienone is 1. The van der Waals surface area contributed by atoms with E-state index in [1.165, 1.54) is 0 Å². The zero-order chi connectivity index (χ0) is 17.5. The van der Waals surface area contributed by atoms with E-state index in [2.05, 4.69) is 4.90 Å². The van der Waals surface area contributed by atoms with Gasteiger partial charge in [0.15, 0.2) is 5.76 Å². The third kappa shape index (κ3) is 2.84. The molecule has 0 aliphatic carbocycles. The number of rotatable bonds is 3. The first-order valence-corrected chi connectivity index (χ1v) is 9.76. The molecule has 0 spiro atoms. The normalized spacial score (nSPS) is 23.6. The van der Waals surface area contributed by atoms with E-state index >= 15 is 0 Å². The van der Waals surface area contributed by atoms with E-state index in [1.54, 1.807) is 11.3 Å². The molecule has 0 radical (unpaired) electrons. The molecule has 6 heteroatoms. The lowest BCUT2D eigenvalue weighted by Crippen LogP contribution is -2.37. The van der Waals surface area contributed by atoms with Crippen LogP contribution in [0.5, 0.6) is 11.5 Å². The van der Waals surface area contributed by atoms with Crippen molar-refractivity contribution in [3.63, 3.8) is 0 Å². The number of Topliss-reactive ketones (excluding diaryl/α,β-unsaturated/α-hetero) is 1. The average Bonchev–Trinajstić information content (AvgIpc) is 3.39. The summed E-state index contributed by atoms with van der Waals surface area (Å²) in [6.45, 7) is 2.93. The minimum Gasteiger partial charge on any atom is -0.478 e. The molecule has 1 aromatic heterocycles. The van der Waals surface area contributed by atoms with Gasteiger partial charge in [0.2, 0.25) is 5.78 Å². The predicted octanol–water partition coefficient (Wildman–Crippen LogP) is 3.70. The molecule has 26 heavy (non-hydrogen) atoms. The van der Waals surface area contributed by atoms with Crippen LogP contribution in [0.3, 0.4) is 0 Å². The van der Waals surface area contributed by atoms with Crippen LogP contribution in [0, 0.1) is 0 Å². The molecule has 0 unspecified atom stereocenters. The largest absolute Gasteiger partial charge is 0.478 e. The minimum atomic E-state index is -0.0625. The molecule has 1 fully saturated rings. The van der Waals surface area contributed by atoms with Crippen LogP contribution in [0.2, 0.25) is 0 Å². The molecule has 3 aliphatic rings. The van der Waals surface area contributed by atoms with Gasteiger partial charge < -0.3 is 14.2 Å². The monoisotopic (exact) mass is 369 g/mol. The van der Waals surface area contributed by atoms with Gasteiger partial charge in [0.05, 0.1) is 17.2 Å². The Morgan fingerprint density at radius 2 is 2.27 bits per heavy atom. The highest BCUT2D eigenvalue weighted by atomic mass is 32.1. The van der Waals surface area contributed by atoms with E-state index in [0.717, 1.165) is 42.2 Å². The van der Waals surface area contributed by atoms with Crippen molar-refractivity contribution in [2.45, 2.75) is 25.5 Å². The van der Waals surface area contributed by atoms with Crippen LogP contribution >= 0.6 is 11.3 Å². The zero-order valence-electron chi connectivity index (χ0n) is 14.3. The lowest BCUT2D eigenvalue weighted by Gasteiger charge is -2.31. The number of fused-ring (bicyclic) bond motifs is 3. The van der Waals surface area contributed by atoms with Crippen LogP contribution in [0.25, 0.3) is 6.08 Å². The number of hydrogen-bond acceptors (Lipinski definition) is 6. The first kappa shape index (κ1) is 16.1. The Kier molecular flexibility index (Phi) is 4.04. The molecule has 4 heterocycles. The molecule has 0 amide bonds. The Bertz CT molecular complexity index is 868. The molecule has 3 aliphatic heterocycles. The molecule has 1 saturated heterocycles. The van der Waals surface area contributed by atoms with E-state index in [0.29, 0.717) is 30.3 Å². The van der Waals surface area contributed by atoms with Crippen molar-refractivity contribution in [1.82, 2.24) is 4.90 Å². The van der Waals surface area contributed by atoms with Crippen molar-refractivity contribution in [2.75, 3.05) is 19.9 Å². The van der Waals surface area contributed by atoms with Gasteiger partial charge in [-0.2, -0.15) is 0 Å². The summed E-state index contributed by atoms with van der Waals surface area (Å²) < 4.78 is 17.6. The number of thiophene rings is 1. The number of ketones is 1. The number of nitrogens with zero attached hydrogens (tertiary/aromatic N) is 1. The molecule has 0 N–H and O–H groups in total. The summed E-state index contributed by atoms with van der Waals surface area (Å²) in [5, 5.41) is 1.98. The van der Waals surface area contributed by atoms with Crippen molar-refractivity contribution in [2.24, 2.45) is 0 Å². The Labute approximate surface area is 155 Å². The van der Waals surface area contributed by atoms with Gasteiger partial charge in [0.1, 0.15) is 18.2 Å². The maximum atomic E-state index is 12.7. The lowest BCUT2D eigenvalue weighted by atomic mass is 10.0. The van der Waals surface area contributed by atoms with Crippen LogP contribution < -0.4 is 9.47 Å². The summed E-state index contributed by atoms with van der Waals surface area (Å²) in [4.78, 5) is 15.9. The highest BCUT2D eigenvalue weighted by Crippen LogP contribution is 2.42. The molecule has 1 atom stereocenters. The Hall–Kier alpha value is -2.15. The van der Waals surface area contributed by atoms with Gasteiger partial charge in [-0.25, -0.2) is 0 Å². The third-order valence-corrected chi connectivity index (χ3v) is 5.80. The second-order valence-electron chi connectivity index (χ2n) is 6.79. The van der Waals surface area contributed by atoms with Crippen LogP contribution in [0.4, 0.5) is 0 Å². The van der Waals surface area contributed by atoms with Gasteiger partial charge in [-0.3, -0.25) is 9.69 Å². The first-order valence-electron chi connectivity index (χ1n) is 8.88. The topological polar surface area (TPSA) is 48.0 Å². The second kappa shape index (κ2) is 6.54. The molecule has 0 bridgehead atoms. The maximum absolute atomic E-state index is 12.7. The average molecular weight is 369 g/mol. The first-order chi connectivity index (χ1) is 12.8. The van der Waals surface area contributed by atoms with E-state index in [9.17, 15) is 4.79 Å². The predicted molar refractivity (Wildman–Crippen MR) is 98.6 cm³/mol. The van der Waals surface area contributed by atoms with Gasteiger partial charge in [0, 0.05) is 30.6 Å². The number of benzene rings is 1. The van der Waals surface area contributed by atoms with Gasteiger partial charge in [-0.15, -0.1) is 11.3 Å². The molecular formula is C20H19NO4S. The Balaban J connectivity index is 1.42. The summed E-state index contributed by atoms with van der Waals surface area (Å²) in [6, 6.07) is 7.62. The number of carbonyl (C=O) groups excluding carboxylic acids is 1. The van der Waals surface area contributed by atoms with Crippen molar-refractivity contribution in [3.05, 3.63) is 51.4 Å². The molecular weight excluding hydrogens is 350 g/mol.